The van der Waals surface area contributed by atoms with Crippen molar-refractivity contribution in [2.45, 2.75) is 25.9 Å². The fraction of sp³-hybridized carbons (Fsp3) is 0.438. The van der Waals surface area contributed by atoms with Crippen LogP contribution < -0.4 is 5.32 Å². The Morgan fingerprint density at radius 2 is 2.14 bits per heavy atom. The molecule has 114 valence electrons. The van der Waals surface area contributed by atoms with Crippen molar-refractivity contribution >= 4 is 11.3 Å². The average molecular weight is 307 g/mol. The van der Waals surface area contributed by atoms with Crippen molar-refractivity contribution < 1.29 is 4.39 Å². The summed E-state index contributed by atoms with van der Waals surface area (Å²) in [6.07, 6.45) is 0.867. The van der Waals surface area contributed by atoms with E-state index in [0.717, 1.165) is 30.8 Å². The molecule has 0 spiro atoms. The lowest BCUT2D eigenvalue weighted by Crippen LogP contribution is -2.25. The van der Waals surface area contributed by atoms with Crippen LogP contribution in [-0.2, 0) is 6.54 Å². The summed E-state index contributed by atoms with van der Waals surface area (Å²) < 4.78 is 13.8. The Morgan fingerprint density at radius 1 is 1.38 bits per heavy atom. The molecular weight excluding hydrogens is 285 g/mol. The zero-order chi connectivity index (χ0) is 15.2. The van der Waals surface area contributed by atoms with Crippen molar-refractivity contribution in [3.05, 3.63) is 51.7 Å². The summed E-state index contributed by atoms with van der Waals surface area (Å²) in [6.45, 7) is 3.83. The number of hydrogen-bond acceptors (Lipinski definition) is 4. The standard InChI is InChI=1S/C16H22FN3S/c1-12-16(21-11-19-12)10-20(3)9-8-15(18-2)13-6-4-5-7-14(13)17/h4-7,11,15,18H,8-10H2,1-3H3. The number of aromatic nitrogens is 1. The van der Waals surface area contributed by atoms with Crippen LogP contribution in [0.25, 0.3) is 0 Å². The van der Waals surface area contributed by atoms with Crippen LogP contribution in [0, 0.1) is 12.7 Å². The number of nitrogens with one attached hydrogen (secondary N) is 1. The quantitative estimate of drug-likeness (QED) is 0.850. The number of hydrogen-bond donors (Lipinski definition) is 1. The zero-order valence-electron chi connectivity index (χ0n) is 12.8. The molecular formula is C16H22FN3S. The third-order valence-corrected chi connectivity index (χ3v) is 4.61. The van der Waals surface area contributed by atoms with Crippen LogP contribution >= 0.6 is 11.3 Å². The molecule has 1 atom stereocenters. The topological polar surface area (TPSA) is 28.2 Å². The Hall–Kier alpha value is -1.30. The van der Waals surface area contributed by atoms with E-state index in [4.69, 9.17) is 0 Å². The number of thiazole rings is 1. The van der Waals surface area contributed by atoms with Gasteiger partial charge in [0.15, 0.2) is 0 Å². The fourth-order valence-electron chi connectivity index (χ4n) is 2.36. The summed E-state index contributed by atoms with van der Waals surface area (Å²) in [4.78, 5) is 7.82. The Labute approximate surface area is 129 Å². The predicted molar refractivity (Wildman–Crippen MR) is 86.0 cm³/mol. The second kappa shape index (κ2) is 7.64. The highest BCUT2D eigenvalue weighted by molar-refractivity contribution is 7.09. The molecule has 0 aliphatic rings. The van der Waals surface area contributed by atoms with Crippen molar-refractivity contribution in [2.24, 2.45) is 0 Å². The van der Waals surface area contributed by atoms with Crippen molar-refractivity contribution in [2.75, 3.05) is 20.6 Å². The van der Waals surface area contributed by atoms with Gasteiger partial charge in [-0.25, -0.2) is 9.37 Å². The molecule has 0 saturated carbocycles. The van der Waals surface area contributed by atoms with E-state index >= 15 is 0 Å². The summed E-state index contributed by atoms with van der Waals surface area (Å²) in [7, 11) is 3.97. The number of rotatable bonds is 7. The van der Waals surface area contributed by atoms with Crippen molar-refractivity contribution in [3.8, 4) is 0 Å². The maximum atomic E-state index is 13.8. The van der Waals surface area contributed by atoms with E-state index in [1.807, 2.05) is 31.6 Å². The van der Waals surface area contributed by atoms with Crippen LogP contribution in [0.4, 0.5) is 4.39 Å². The molecule has 1 unspecified atom stereocenters. The molecule has 1 heterocycles. The molecule has 1 aromatic heterocycles. The molecule has 2 aromatic rings. The van der Waals surface area contributed by atoms with Crippen LogP contribution in [0.3, 0.4) is 0 Å². The van der Waals surface area contributed by atoms with Gasteiger partial charge >= 0.3 is 0 Å². The van der Waals surface area contributed by atoms with Crippen LogP contribution in [-0.4, -0.2) is 30.5 Å². The van der Waals surface area contributed by atoms with Gasteiger partial charge < -0.3 is 10.2 Å². The van der Waals surface area contributed by atoms with Crippen LogP contribution in [0.5, 0.6) is 0 Å². The minimum absolute atomic E-state index is 0.0382. The minimum atomic E-state index is -0.141. The van der Waals surface area contributed by atoms with Crippen LogP contribution in [0.15, 0.2) is 29.8 Å². The van der Waals surface area contributed by atoms with E-state index < -0.39 is 0 Å². The van der Waals surface area contributed by atoms with Gasteiger partial charge in [-0.15, -0.1) is 11.3 Å². The van der Waals surface area contributed by atoms with Gasteiger partial charge in [-0.1, -0.05) is 18.2 Å². The van der Waals surface area contributed by atoms with Gasteiger partial charge in [0.1, 0.15) is 5.82 Å². The SMILES string of the molecule is CNC(CCN(C)Cc1scnc1C)c1ccccc1F. The number of aryl methyl sites for hydroxylation is 1. The first kappa shape index (κ1) is 16.1. The normalized spacial score (nSPS) is 12.8. The molecule has 2 rings (SSSR count). The summed E-state index contributed by atoms with van der Waals surface area (Å²) >= 11 is 1.69. The minimum Gasteiger partial charge on any atom is -0.313 e. The molecule has 0 amide bonds. The lowest BCUT2D eigenvalue weighted by Gasteiger charge is -2.22. The van der Waals surface area contributed by atoms with E-state index in [1.54, 1.807) is 17.4 Å². The maximum absolute atomic E-state index is 13.8. The summed E-state index contributed by atoms with van der Waals surface area (Å²) in [5.74, 6) is -0.141. The van der Waals surface area contributed by atoms with Crippen molar-refractivity contribution in [1.29, 1.82) is 0 Å². The Kier molecular flexibility index (Phi) is 5.85. The smallest absolute Gasteiger partial charge is 0.127 e. The molecule has 0 fully saturated rings. The average Bonchev–Trinajstić information content (AvgIpc) is 2.86. The molecule has 0 bridgehead atoms. The zero-order valence-corrected chi connectivity index (χ0v) is 13.6. The maximum Gasteiger partial charge on any atom is 0.127 e. The second-order valence-corrected chi connectivity index (χ2v) is 6.19. The Bertz CT molecular complexity index is 570. The van der Waals surface area contributed by atoms with Crippen LogP contribution in [0.2, 0.25) is 0 Å². The second-order valence-electron chi connectivity index (χ2n) is 5.25. The van der Waals surface area contributed by atoms with Crippen LogP contribution in [0.1, 0.15) is 28.6 Å². The number of halogens is 1. The van der Waals surface area contributed by atoms with E-state index in [1.165, 1.54) is 10.9 Å². The highest BCUT2D eigenvalue weighted by Crippen LogP contribution is 2.21. The molecule has 1 aromatic carbocycles. The van der Waals surface area contributed by atoms with E-state index in [-0.39, 0.29) is 11.9 Å². The third kappa shape index (κ3) is 4.33. The Morgan fingerprint density at radius 3 is 2.76 bits per heavy atom. The van der Waals surface area contributed by atoms with Gasteiger partial charge in [0.05, 0.1) is 11.2 Å². The number of nitrogens with zero attached hydrogens (tertiary/aromatic N) is 2. The molecule has 21 heavy (non-hydrogen) atoms. The van der Waals surface area contributed by atoms with E-state index in [9.17, 15) is 4.39 Å². The van der Waals surface area contributed by atoms with Gasteiger partial charge in [0.2, 0.25) is 0 Å². The highest BCUT2D eigenvalue weighted by Gasteiger charge is 2.14. The summed E-state index contributed by atoms with van der Waals surface area (Å²) in [5, 5.41) is 3.21. The highest BCUT2D eigenvalue weighted by atomic mass is 32.1. The van der Waals surface area contributed by atoms with Gasteiger partial charge in [0, 0.05) is 29.6 Å². The predicted octanol–water partition coefficient (Wildman–Crippen LogP) is 3.37. The first-order valence-electron chi connectivity index (χ1n) is 7.11. The lowest BCUT2D eigenvalue weighted by molar-refractivity contribution is 0.304. The fourth-order valence-corrected chi connectivity index (χ4v) is 3.22. The summed E-state index contributed by atoms with van der Waals surface area (Å²) in [6, 6.07) is 7.02. The van der Waals surface area contributed by atoms with E-state index in [0.29, 0.717) is 0 Å². The molecule has 0 aliphatic heterocycles. The first-order chi connectivity index (χ1) is 10.1. The molecule has 3 nitrogen and oxygen atoms in total. The molecule has 1 N–H and O–H groups in total. The van der Waals surface area contributed by atoms with E-state index in [2.05, 4.69) is 22.2 Å². The molecule has 0 radical (unpaired) electrons. The first-order valence-corrected chi connectivity index (χ1v) is 7.99. The van der Waals surface area contributed by atoms with Crippen molar-refractivity contribution in [1.82, 2.24) is 15.2 Å². The van der Waals surface area contributed by atoms with Gasteiger partial charge in [0.25, 0.3) is 0 Å². The van der Waals surface area contributed by atoms with Crippen molar-refractivity contribution in [3.63, 3.8) is 0 Å². The van der Waals surface area contributed by atoms with Gasteiger partial charge in [-0.05, 0) is 33.5 Å². The van der Waals surface area contributed by atoms with Gasteiger partial charge in [-0.3, -0.25) is 0 Å². The monoisotopic (exact) mass is 307 g/mol. The largest absolute Gasteiger partial charge is 0.313 e. The Balaban J connectivity index is 1.91. The lowest BCUT2D eigenvalue weighted by atomic mass is 10.0. The summed E-state index contributed by atoms with van der Waals surface area (Å²) in [5.41, 5.74) is 3.72. The number of benzene rings is 1. The molecule has 0 aliphatic carbocycles. The van der Waals surface area contributed by atoms with Gasteiger partial charge in [-0.2, -0.15) is 0 Å². The molecule has 5 heteroatoms. The third-order valence-electron chi connectivity index (χ3n) is 3.69. The molecule has 0 saturated heterocycles.